The number of hydrogen-bond acceptors (Lipinski definition) is 6. The van der Waals surface area contributed by atoms with Crippen LogP contribution in [-0.2, 0) is 22.4 Å². The fourth-order valence-corrected chi connectivity index (χ4v) is 5.11. The standard InChI is InChI=1S/C27H36N4O4/c1-16-13-17(2)29-18(3)24(16)26(32)31-23(27(33)34)10-12-35-22-14-19(15-22)6-8-21-9-7-20-5-4-11-28-25(20)30-21/h7,9,13,19,22-23H,4-6,8,10-12,14-15H2,1-3H3,(H,28,30)(H,31,32)(H,33,34)/t19?,22?,23-/m1/s1. The van der Waals surface area contributed by atoms with E-state index in [2.05, 4.69) is 27.8 Å². The molecule has 8 nitrogen and oxygen atoms in total. The van der Waals surface area contributed by atoms with E-state index in [1.165, 1.54) is 12.0 Å². The number of aliphatic carboxylic acids is 1. The molecule has 3 N–H and O–H groups in total. The summed E-state index contributed by atoms with van der Waals surface area (Å²) in [6, 6.07) is 5.18. The highest BCUT2D eigenvalue weighted by Crippen LogP contribution is 2.34. The molecule has 1 saturated carbocycles. The lowest BCUT2D eigenvalue weighted by atomic mass is 9.79. The average Bonchev–Trinajstić information content (AvgIpc) is 2.78. The fourth-order valence-electron chi connectivity index (χ4n) is 5.11. The summed E-state index contributed by atoms with van der Waals surface area (Å²) in [7, 11) is 0. The molecule has 1 aliphatic heterocycles. The Balaban J connectivity index is 1.18. The van der Waals surface area contributed by atoms with Crippen LogP contribution in [0.25, 0.3) is 0 Å². The molecule has 2 aromatic heterocycles. The topological polar surface area (TPSA) is 113 Å². The molecule has 0 aromatic carbocycles. The van der Waals surface area contributed by atoms with Crippen LogP contribution in [-0.4, -0.2) is 52.2 Å². The summed E-state index contributed by atoms with van der Waals surface area (Å²) in [6.45, 7) is 6.77. The van der Waals surface area contributed by atoms with Gasteiger partial charge in [-0.1, -0.05) is 6.07 Å². The normalized spacial score (nSPS) is 19.7. The number of nitrogens with zero attached hydrogens (tertiary/aromatic N) is 2. The Labute approximate surface area is 206 Å². The first-order valence-electron chi connectivity index (χ1n) is 12.6. The van der Waals surface area contributed by atoms with Crippen molar-refractivity contribution in [3.05, 3.63) is 52.0 Å². The molecule has 2 aromatic rings. The summed E-state index contributed by atoms with van der Waals surface area (Å²) >= 11 is 0. The van der Waals surface area contributed by atoms with Crippen LogP contribution >= 0.6 is 0 Å². The van der Waals surface area contributed by atoms with Gasteiger partial charge in [-0.3, -0.25) is 9.78 Å². The predicted octanol–water partition coefficient (Wildman–Crippen LogP) is 3.76. The molecular weight excluding hydrogens is 444 g/mol. The predicted molar refractivity (Wildman–Crippen MR) is 134 cm³/mol. The van der Waals surface area contributed by atoms with E-state index in [1.54, 1.807) is 6.92 Å². The molecule has 0 spiro atoms. The second kappa shape index (κ2) is 11.2. The van der Waals surface area contributed by atoms with Crippen molar-refractivity contribution in [2.24, 2.45) is 5.92 Å². The zero-order valence-electron chi connectivity index (χ0n) is 20.9. The summed E-state index contributed by atoms with van der Waals surface area (Å²) in [4.78, 5) is 33.5. The molecule has 0 unspecified atom stereocenters. The monoisotopic (exact) mass is 480 g/mol. The van der Waals surface area contributed by atoms with Gasteiger partial charge in [0.15, 0.2) is 0 Å². The van der Waals surface area contributed by atoms with Gasteiger partial charge in [-0.15, -0.1) is 0 Å². The van der Waals surface area contributed by atoms with E-state index in [4.69, 9.17) is 9.72 Å². The molecule has 8 heteroatoms. The van der Waals surface area contributed by atoms with Crippen LogP contribution < -0.4 is 10.6 Å². The molecule has 1 amide bonds. The first-order chi connectivity index (χ1) is 16.8. The van der Waals surface area contributed by atoms with Gasteiger partial charge in [0, 0.05) is 31.0 Å². The Morgan fingerprint density at radius 1 is 1.23 bits per heavy atom. The zero-order valence-corrected chi connectivity index (χ0v) is 20.9. The van der Waals surface area contributed by atoms with Crippen LogP contribution in [0.1, 0.15) is 70.7 Å². The van der Waals surface area contributed by atoms with Gasteiger partial charge < -0.3 is 20.5 Å². The zero-order chi connectivity index (χ0) is 24.9. The van der Waals surface area contributed by atoms with Crippen molar-refractivity contribution < 1.29 is 19.4 Å². The number of carbonyl (C=O) groups is 2. The van der Waals surface area contributed by atoms with Gasteiger partial charge in [-0.2, -0.15) is 0 Å². The maximum Gasteiger partial charge on any atom is 0.326 e. The SMILES string of the molecule is Cc1cc(C)c(C(=O)N[C@H](CCOC2CC(CCc3ccc4c(n3)NCCC4)C2)C(=O)O)c(C)n1. The van der Waals surface area contributed by atoms with Gasteiger partial charge in [-0.25, -0.2) is 9.78 Å². The van der Waals surface area contributed by atoms with Crippen LogP contribution in [0.3, 0.4) is 0 Å². The van der Waals surface area contributed by atoms with Crippen LogP contribution in [0, 0.1) is 26.7 Å². The molecule has 2 aliphatic rings. The third-order valence-corrected chi connectivity index (χ3v) is 7.07. The quantitative estimate of drug-likeness (QED) is 0.474. The molecule has 1 aliphatic carbocycles. The number of carboxylic acids is 1. The third kappa shape index (κ3) is 6.36. The smallest absolute Gasteiger partial charge is 0.326 e. The highest BCUT2D eigenvalue weighted by atomic mass is 16.5. The highest BCUT2D eigenvalue weighted by Gasteiger charge is 2.30. The summed E-state index contributed by atoms with van der Waals surface area (Å²) < 4.78 is 5.91. The summed E-state index contributed by atoms with van der Waals surface area (Å²) in [5.41, 5.74) is 5.10. The molecule has 0 radical (unpaired) electrons. The Morgan fingerprint density at radius 2 is 2.03 bits per heavy atom. The molecule has 35 heavy (non-hydrogen) atoms. The number of amides is 1. The molecule has 188 valence electrons. The number of nitrogens with one attached hydrogen (secondary N) is 2. The van der Waals surface area contributed by atoms with Gasteiger partial charge in [-0.05, 0) is 88.5 Å². The van der Waals surface area contributed by atoms with E-state index < -0.39 is 17.9 Å². The third-order valence-electron chi connectivity index (χ3n) is 7.07. The van der Waals surface area contributed by atoms with Crippen LogP contribution in [0.2, 0.25) is 0 Å². The molecule has 0 bridgehead atoms. The number of aryl methyl sites for hydroxylation is 5. The lowest BCUT2D eigenvalue weighted by Gasteiger charge is -2.35. The number of carboxylic acid groups (broad SMARTS) is 1. The number of fused-ring (bicyclic) bond motifs is 1. The molecule has 1 fully saturated rings. The van der Waals surface area contributed by atoms with Crippen LogP contribution in [0.4, 0.5) is 5.82 Å². The molecule has 4 rings (SSSR count). The second-order valence-corrected chi connectivity index (χ2v) is 9.90. The number of aromatic nitrogens is 2. The number of pyridine rings is 2. The van der Waals surface area contributed by atoms with E-state index in [9.17, 15) is 14.7 Å². The number of anilines is 1. The minimum atomic E-state index is -1.06. The molecule has 0 saturated heterocycles. The number of ether oxygens (including phenoxy) is 1. The second-order valence-electron chi connectivity index (χ2n) is 9.90. The van der Waals surface area contributed by atoms with Crippen LogP contribution in [0.5, 0.6) is 0 Å². The van der Waals surface area contributed by atoms with Crippen molar-refractivity contribution >= 4 is 17.7 Å². The Morgan fingerprint density at radius 3 is 2.77 bits per heavy atom. The minimum Gasteiger partial charge on any atom is -0.480 e. The largest absolute Gasteiger partial charge is 0.480 e. The van der Waals surface area contributed by atoms with Crippen LogP contribution in [0.15, 0.2) is 18.2 Å². The van der Waals surface area contributed by atoms with Gasteiger partial charge in [0.25, 0.3) is 5.91 Å². The van der Waals surface area contributed by atoms with E-state index in [1.807, 2.05) is 19.9 Å². The van der Waals surface area contributed by atoms with Gasteiger partial charge in [0.05, 0.1) is 17.4 Å². The van der Waals surface area contributed by atoms with Crippen molar-refractivity contribution in [1.82, 2.24) is 15.3 Å². The Hall–Kier alpha value is -3.00. The van der Waals surface area contributed by atoms with Crippen molar-refractivity contribution in [2.45, 2.75) is 77.9 Å². The van der Waals surface area contributed by atoms with E-state index in [-0.39, 0.29) is 12.5 Å². The van der Waals surface area contributed by atoms with Gasteiger partial charge in [0.2, 0.25) is 0 Å². The van der Waals surface area contributed by atoms with Gasteiger partial charge in [0.1, 0.15) is 11.9 Å². The molecule has 3 heterocycles. The summed E-state index contributed by atoms with van der Waals surface area (Å²) in [5, 5.41) is 15.6. The van der Waals surface area contributed by atoms with Crippen molar-refractivity contribution in [2.75, 3.05) is 18.5 Å². The van der Waals surface area contributed by atoms with Crippen molar-refractivity contribution in [3.8, 4) is 0 Å². The lowest BCUT2D eigenvalue weighted by Crippen LogP contribution is -2.42. The molecular formula is C27H36N4O4. The van der Waals surface area contributed by atoms with E-state index >= 15 is 0 Å². The maximum absolute atomic E-state index is 12.7. The Bertz CT molecular complexity index is 1060. The average molecular weight is 481 g/mol. The number of rotatable bonds is 10. The maximum atomic E-state index is 12.7. The van der Waals surface area contributed by atoms with Gasteiger partial charge >= 0.3 is 5.97 Å². The van der Waals surface area contributed by atoms with Crippen molar-refractivity contribution in [1.29, 1.82) is 0 Å². The summed E-state index contributed by atoms with van der Waals surface area (Å²) in [6.07, 6.45) is 6.68. The first kappa shape index (κ1) is 25.1. The first-order valence-corrected chi connectivity index (χ1v) is 12.6. The minimum absolute atomic E-state index is 0.161. The highest BCUT2D eigenvalue weighted by molar-refractivity contribution is 5.98. The van der Waals surface area contributed by atoms with E-state index in [0.29, 0.717) is 23.8 Å². The van der Waals surface area contributed by atoms with Crippen molar-refractivity contribution in [3.63, 3.8) is 0 Å². The van der Waals surface area contributed by atoms with E-state index in [0.717, 1.165) is 61.4 Å². The fraction of sp³-hybridized carbons (Fsp3) is 0.556. The Kier molecular flexibility index (Phi) is 8.00. The molecule has 1 atom stereocenters. The number of carbonyl (C=O) groups excluding carboxylic acids is 1. The number of hydrogen-bond donors (Lipinski definition) is 3. The summed E-state index contributed by atoms with van der Waals surface area (Å²) in [5.74, 6) is 0.193. The lowest BCUT2D eigenvalue weighted by molar-refractivity contribution is -0.140.